The topological polar surface area (TPSA) is 23.6 Å². The number of thioether (sulfide) groups is 1. The maximum atomic E-state index is 12.0. The van der Waals surface area contributed by atoms with Crippen LogP contribution in [0.4, 0.5) is 5.69 Å². The first-order valence-corrected chi connectivity index (χ1v) is 8.36. The highest BCUT2D eigenvalue weighted by atomic mass is 32.2. The van der Waals surface area contributed by atoms with Crippen LogP contribution < -0.4 is 4.90 Å². The standard InChI is InChI=1S/C16H18N2OS2/c1-11-9-12(5-6-13(11)18-7-3-4-8-18)10-14-15(19)17(2)16(20)21-14/h5-6,9-10H,3-4,7-8H2,1-2H3. The molecule has 2 aliphatic heterocycles. The largest absolute Gasteiger partial charge is 0.371 e. The first kappa shape index (κ1) is 14.6. The van der Waals surface area contributed by atoms with E-state index in [2.05, 4.69) is 30.0 Å². The number of carbonyl (C=O) groups is 1. The normalized spacial score (nSPS) is 21.0. The molecule has 0 saturated carbocycles. The fraction of sp³-hybridized carbons (Fsp3) is 0.375. The molecule has 2 heterocycles. The van der Waals surface area contributed by atoms with Crippen molar-refractivity contribution in [3.63, 3.8) is 0 Å². The fourth-order valence-corrected chi connectivity index (χ4v) is 3.96. The molecular weight excluding hydrogens is 300 g/mol. The Bertz CT molecular complexity index is 633. The summed E-state index contributed by atoms with van der Waals surface area (Å²) < 4.78 is 0.622. The van der Waals surface area contributed by atoms with Crippen molar-refractivity contribution < 1.29 is 4.79 Å². The average molecular weight is 318 g/mol. The molecule has 2 aliphatic rings. The molecule has 1 aromatic carbocycles. The third-order valence-corrected chi connectivity index (χ3v) is 5.44. The number of benzene rings is 1. The Labute approximate surface area is 135 Å². The Hall–Kier alpha value is -1.33. The van der Waals surface area contributed by atoms with Gasteiger partial charge in [-0.05, 0) is 49.1 Å². The lowest BCUT2D eigenvalue weighted by Gasteiger charge is -2.20. The van der Waals surface area contributed by atoms with Crippen molar-refractivity contribution in [1.29, 1.82) is 0 Å². The summed E-state index contributed by atoms with van der Waals surface area (Å²) in [4.78, 5) is 16.7. The van der Waals surface area contributed by atoms with Crippen molar-refractivity contribution in [3.8, 4) is 0 Å². The Balaban J connectivity index is 1.86. The van der Waals surface area contributed by atoms with E-state index in [9.17, 15) is 4.79 Å². The summed E-state index contributed by atoms with van der Waals surface area (Å²) in [6, 6.07) is 6.40. The minimum atomic E-state index is -0.00808. The summed E-state index contributed by atoms with van der Waals surface area (Å²) >= 11 is 6.52. The van der Waals surface area contributed by atoms with Crippen LogP contribution in [0.1, 0.15) is 24.0 Å². The third kappa shape index (κ3) is 2.85. The van der Waals surface area contributed by atoms with E-state index < -0.39 is 0 Å². The Morgan fingerprint density at radius 3 is 2.57 bits per heavy atom. The van der Waals surface area contributed by atoms with Gasteiger partial charge in [-0.3, -0.25) is 9.69 Å². The second-order valence-electron chi connectivity index (χ2n) is 5.48. The molecule has 0 spiro atoms. The van der Waals surface area contributed by atoms with Gasteiger partial charge in [-0.15, -0.1) is 0 Å². The lowest BCUT2D eigenvalue weighted by molar-refractivity contribution is -0.121. The minimum absolute atomic E-state index is 0.00808. The molecule has 2 saturated heterocycles. The van der Waals surface area contributed by atoms with Gasteiger partial charge in [0.15, 0.2) is 0 Å². The van der Waals surface area contributed by atoms with Gasteiger partial charge in [0.1, 0.15) is 4.32 Å². The Morgan fingerprint density at radius 1 is 1.29 bits per heavy atom. The van der Waals surface area contributed by atoms with Crippen molar-refractivity contribution in [2.75, 3.05) is 25.0 Å². The van der Waals surface area contributed by atoms with Gasteiger partial charge in [0.05, 0.1) is 4.91 Å². The molecule has 21 heavy (non-hydrogen) atoms. The predicted octanol–water partition coefficient (Wildman–Crippen LogP) is 3.43. The van der Waals surface area contributed by atoms with Gasteiger partial charge in [0.2, 0.25) is 0 Å². The van der Waals surface area contributed by atoms with E-state index >= 15 is 0 Å². The summed E-state index contributed by atoms with van der Waals surface area (Å²) in [5.74, 6) is -0.00808. The molecule has 0 bridgehead atoms. The highest BCUT2D eigenvalue weighted by Crippen LogP contribution is 2.32. The molecule has 0 N–H and O–H groups in total. The number of amides is 1. The molecule has 2 fully saturated rings. The Kier molecular flexibility index (Phi) is 4.04. The van der Waals surface area contributed by atoms with Gasteiger partial charge >= 0.3 is 0 Å². The van der Waals surface area contributed by atoms with Gasteiger partial charge < -0.3 is 4.90 Å². The molecule has 0 aliphatic carbocycles. The molecule has 1 aromatic rings. The number of aryl methyl sites for hydroxylation is 1. The first-order chi connectivity index (χ1) is 10.1. The van der Waals surface area contributed by atoms with E-state index in [1.165, 1.54) is 40.8 Å². The average Bonchev–Trinajstić information content (AvgIpc) is 3.05. The summed E-state index contributed by atoms with van der Waals surface area (Å²) in [6.07, 6.45) is 4.49. The molecule has 3 nitrogen and oxygen atoms in total. The zero-order chi connectivity index (χ0) is 15.0. The predicted molar refractivity (Wildman–Crippen MR) is 93.6 cm³/mol. The monoisotopic (exact) mass is 318 g/mol. The quantitative estimate of drug-likeness (QED) is 0.616. The number of rotatable bonds is 2. The lowest BCUT2D eigenvalue weighted by atomic mass is 10.1. The molecule has 0 unspecified atom stereocenters. The van der Waals surface area contributed by atoms with Crippen molar-refractivity contribution in [3.05, 3.63) is 34.2 Å². The van der Waals surface area contributed by atoms with Gasteiger partial charge in [-0.2, -0.15) is 0 Å². The number of hydrogen-bond acceptors (Lipinski definition) is 4. The molecule has 110 valence electrons. The summed E-state index contributed by atoms with van der Waals surface area (Å²) in [5.41, 5.74) is 3.63. The maximum Gasteiger partial charge on any atom is 0.265 e. The van der Waals surface area contributed by atoms with Crippen LogP contribution in [0.5, 0.6) is 0 Å². The number of hydrogen-bond donors (Lipinski definition) is 0. The maximum absolute atomic E-state index is 12.0. The Morgan fingerprint density at radius 2 is 2.00 bits per heavy atom. The number of likely N-dealkylation sites (N-methyl/N-ethyl adjacent to an activating group) is 1. The van der Waals surface area contributed by atoms with E-state index in [-0.39, 0.29) is 5.91 Å². The fourth-order valence-electron chi connectivity index (χ4n) is 2.78. The van der Waals surface area contributed by atoms with Crippen LogP contribution in [0.3, 0.4) is 0 Å². The highest BCUT2D eigenvalue weighted by molar-refractivity contribution is 8.26. The van der Waals surface area contributed by atoms with Crippen LogP contribution in [-0.2, 0) is 4.79 Å². The molecule has 0 radical (unpaired) electrons. The molecule has 3 rings (SSSR count). The van der Waals surface area contributed by atoms with E-state index in [4.69, 9.17) is 12.2 Å². The molecule has 0 aromatic heterocycles. The highest BCUT2D eigenvalue weighted by Gasteiger charge is 2.28. The van der Waals surface area contributed by atoms with Crippen LogP contribution in [0.2, 0.25) is 0 Å². The number of thiocarbonyl (C=S) groups is 1. The third-order valence-electron chi connectivity index (χ3n) is 3.95. The summed E-state index contributed by atoms with van der Waals surface area (Å²) in [7, 11) is 1.72. The van der Waals surface area contributed by atoms with E-state index in [0.29, 0.717) is 9.23 Å². The van der Waals surface area contributed by atoms with Crippen LogP contribution in [-0.4, -0.2) is 35.3 Å². The van der Waals surface area contributed by atoms with Crippen LogP contribution in [0.15, 0.2) is 23.1 Å². The first-order valence-electron chi connectivity index (χ1n) is 7.13. The smallest absolute Gasteiger partial charge is 0.265 e. The lowest BCUT2D eigenvalue weighted by Crippen LogP contribution is -2.22. The second-order valence-corrected chi connectivity index (χ2v) is 7.16. The van der Waals surface area contributed by atoms with E-state index in [0.717, 1.165) is 18.7 Å². The van der Waals surface area contributed by atoms with Crippen molar-refractivity contribution >= 4 is 46.0 Å². The minimum Gasteiger partial charge on any atom is -0.371 e. The molecular formula is C16H18N2OS2. The molecule has 0 atom stereocenters. The number of anilines is 1. The van der Waals surface area contributed by atoms with Crippen LogP contribution in [0, 0.1) is 6.92 Å². The van der Waals surface area contributed by atoms with Crippen LogP contribution >= 0.6 is 24.0 Å². The summed E-state index contributed by atoms with van der Waals surface area (Å²) in [5, 5.41) is 0. The van der Waals surface area contributed by atoms with Gasteiger partial charge in [0.25, 0.3) is 5.91 Å². The van der Waals surface area contributed by atoms with Crippen LogP contribution in [0.25, 0.3) is 6.08 Å². The van der Waals surface area contributed by atoms with Crippen molar-refractivity contribution in [2.24, 2.45) is 0 Å². The summed E-state index contributed by atoms with van der Waals surface area (Å²) in [6.45, 7) is 4.43. The molecule has 1 amide bonds. The second kappa shape index (κ2) is 5.81. The van der Waals surface area contributed by atoms with Gasteiger partial charge in [-0.25, -0.2) is 0 Å². The molecule has 5 heteroatoms. The zero-order valence-electron chi connectivity index (χ0n) is 12.3. The number of carbonyl (C=O) groups excluding carboxylic acids is 1. The van der Waals surface area contributed by atoms with E-state index in [1.807, 2.05) is 6.08 Å². The zero-order valence-corrected chi connectivity index (χ0v) is 13.9. The van der Waals surface area contributed by atoms with Gasteiger partial charge in [0, 0.05) is 25.8 Å². The van der Waals surface area contributed by atoms with E-state index in [1.54, 1.807) is 7.05 Å². The van der Waals surface area contributed by atoms with Crippen molar-refractivity contribution in [1.82, 2.24) is 4.90 Å². The number of nitrogens with zero attached hydrogens (tertiary/aromatic N) is 2. The van der Waals surface area contributed by atoms with Crippen molar-refractivity contribution in [2.45, 2.75) is 19.8 Å². The SMILES string of the molecule is Cc1cc(C=C2SC(=S)N(C)C2=O)ccc1N1CCCC1. The van der Waals surface area contributed by atoms with Gasteiger partial charge in [-0.1, -0.05) is 30.0 Å².